The third-order valence-electron chi connectivity index (χ3n) is 6.08. The first kappa shape index (κ1) is 31.3. The van der Waals surface area contributed by atoms with Gasteiger partial charge in [0, 0.05) is 22.6 Å². The van der Waals surface area contributed by atoms with Crippen molar-refractivity contribution in [1.29, 1.82) is 0 Å². The van der Waals surface area contributed by atoms with E-state index in [9.17, 15) is 18.0 Å². The molecule has 0 heterocycles. The van der Waals surface area contributed by atoms with E-state index >= 15 is 0 Å². The fourth-order valence-electron chi connectivity index (χ4n) is 4.16. The van der Waals surface area contributed by atoms with E-state index in [4.69, 9.17) is 27.9 Å². The Morgan fingerprint density at radius 3 is 2.23 bits per heavy atom. The number of carbonyl (C=O) groups is 2. The number of nitrogens with one attached hydrogen (secondary N) is 1. The first-order valence-corrected chi connectivity index (χ1v) is 14.9. The Labute approximate surface area is 245 Å². The second kappa shape index (κ2) is 13.9. The van der Waals surface area contributed by atoms with E-state index in [0.29, 0.717) is 22.2 Å². The summed E-state index contributed by atoms with van der Waals surface area (Å²) < 4.78 is 34.0. The minimum atomic E-state index is -4.22. The summed E-state index contributed by atoms with van der Waals surface area (Å²) >= 11 is 12.2. The maximum absolute atomic E-state index is 14.0. The molecule has 1 N–H and O–H groups in total. The number of carbonyl (C=O) groups excluding carboxylic acids is 2. The number of nitrogens with zero attached hydrogens (tertiary/aromatic N) is 2. The minimum Gasteiger partial charge on any atom is -0.497 e. The molecule has 0 spiro atoms. The first-order valence-electron chi connectivity index (χ1n) is 12.7. The fraction of sp³-hybridized carbons (Fsp3) is 0.310. The predicted octanol–water partition coefficient (Wildman–Crippen LogP) is 5.53. The number of rotatable bonds is 12. The highest BCUT2D eigenvalue weighted by Crippen LogP contribution is 2.28. The first-order chi connectivity index (χ1) is 19.0. The van der Waals surface area contributed by atoms with E-state index in [-0.39, 0.29) is 29.1 Å². The van der Waals surface area contributed by atoms with Crippen LogP contribution < -0.4 is 14.4 Å². The van der Waals surface area contributed by atoms with Crippen molar-refractivity contribution in [2.24, 2.45) is 0 Å². The normalized spacial score (nSPS) is 12.1. The van der Waals surface area contributed by atoms with E-state index in [1.165, 1.54) is 42.3 Å². The number of ether oxygens (including phenoxy) is 1. The van der Waals surface area contributed by atoms with Gasteiger partial charge < -0.3 is 15.0 Å². The van der Waals surface area contributed by atoms with Gasteiger partial charge in [0.05, 0.1) is 17.7 Å². The van der Waals surface area contributed by atoms with Gasteiger partial charge in [-0.05, 0) is 80.4 Å². The third-order valence-corrected chi connectivity index (χ3v) is 8.36. The molecule has 40 heavy (non-hydrogen) atoms. The van der Waals surface area contributed by atoms with Crippen molar-refractivity contribution in [1.82, 2.24) is 10.2 Å². The molecule has 0 aliphatic heterocycles. The van der Waals surface area contributed by atoms with E-state index in [1.807, 2.05) is 19.9 Å². The van der Waals surface area contributed by atoms with Gasteiger partial charge in [-0.3, -0.25) is 13.9 Å². The van der Waals surface area contributed by atoms with Crippen LogP contribution in [0.15, 0.2) is 77.7 Å². The molecule has 0 aliphatic rings. The van der Waals surface area contributed by atoms with Crippen LogP contribution in [-0.4, -0.2) is 50.9 Å². The number of benzene rings is 3. The van der Waals surface area contributed by atoms with Crippen LogP contribution in [-0.2, 0) is 26.2 Å². The number of sulfonamides is 1. The molecule has 0 aromatic heterocycles. The Bertz CT molecular complexity index is 1430. The summed E-state index contributed by atoms with van der Waals surface area (Å²) in [7, 11) is -2.68. The van der Waals surface area contributed by atoms with E-state index in [1.54, 1.807) is 43.3 Å². The van der Waals surface area contributed by atoms with E-state index in [2.05, 4.69) is 5.32 Å². The molecule has 0 aliphatic carbocycles. The summed E-state index contributed by atoms with van der Waals surface area (Å²) in [6.07, 6.45) is 0.315. The molecule has 3 rings (SSSR count). The highest BCUT2D eigenvalue weighted by Gasteiger charge is 2.34. The van der Waals surface area contributed by atoms with E-state index < -0.39 is 28.5 Å². The van der Waals surface area contributed by atoms with Crippen molar-refractivity contribution in [3.63, 3.8) is 0 Å². The molecule has 1 unspecified atom stereocenters. The number of hydrogen-bond donors (Lipinski definition) is 1. The van der Waals surface area contributed by atoms with E-state index in [0.717, 1.165) is 9.87 Å². The highest BCUT2D eigenvalue weighted by molar-refractivity contribution is 7.92. The third kappa shape index (κ3) is 7.90. The Balaban J connectivity index is 2.07. The summed E-state index contributed by atoms with van der Waals surface area (Å²) in [6, 6.07) is 18.1. The molecule has 11 heteroatoms. The van der Waals surface area contributed by atoms with Crippen LogP contribution in [0.5, 0.6) is 5.75 Å². The SMILES string of the molecule is CCC(C(=O)NC(C)C)N(Cc1cccc(OC)c1)C(=O)CN(c1cccc(Cl)c1)S(=O)(=O)c1ccc(Cl)cc1. The average Bonchev–Trinajstić information content (AvgIpc) is 2.91. The lowest BCUT2D eigenvalue weighted by atomic mass is 10.1. The van der Waals surface area contributed by atoms with Gasteiger partial charge in [-0.2, -0.15) is 0 Å². The van der Waals surface area contributed by atoms with Crippen LogP contribution >= 0.6 is 23.2 Å². The molecule has 3 aromatic rings. The molecule has 0 saturated heterocycles. The van der Waals surface area contributed by atoms with Gasteiger partial charge in [-0.1, -0.05) is 48.3 Å². The zero-order chi connectivity index (χ0) is 29.4. The molecule has 0 bridgehead atoms. The number of methoxy groups -OCH3 is 1. The van der Waals surface area contributed by atoms with Gasteiger partial charge in [0.2, 0.25) is 11.8 Å². The van der Waals surface area contributed by atoms with Gasteiger partial charge in [0.15, 0.2) is 0 Å². The zero-order valence-electron chi connectivity index (χ0n) is 22.8. The van der Waals surface area contributed by atoms with Crippen LogP contribution in [0.1, 0.15) is 32.8 Å². The van der Waals surface area contributed by atoms with Crippen molar-refractivity contribution in [3.05, 3.63) is 88.4 Å². The standard InChI is InChI=1S/C29H33Cl2N3O5S/c1-5-27(29(36)32-20(2)3)33(18-21-8-6-11-25(16-21)39-4)28(35)19-34(24-10-7-9-23(31)17-24)40(37,38)26-14-12-22(30)13-15-26/h6-17,20,27H,5,18-19H2,1-4H3,(H,32,36). The van der Waals surface area contributed by atoms with Gasteiger partial charge in [-0.25, -0.2) is 8.42 Å². The smallest absolute Gasteiger partial charge is 0.264 e. The molecule has 0 fully saturated rings. The summed E-state index contributed by atoms with van der Waals surface area (Å²) in [5.74, 6) is -0.301. The lowest BCUT2D eigenvalue weighted by Crippen LogP contribution is -2.53. The number of anilines is 1. The molecular weight excluding hydrogens is 573 g/mol. The lowest BCUT2D eigenvalue weighted by molar-refractivity contribution is -0.140. The quantitative estimate of drug-likeness (QED) is 0.293. The number of halogens is 2. The average molecular weight is 607 g/mol. The van der Waals surface area contributed by atoms with Crippen molar-refractivity contribution < 1.29 is 22.7 Å². The maximum Gasteiger partial charge on any atom is 0.264 e. The van der Waals surface area contributed by atoms with Crippen molar-refractivity contribution >= 4 is 50.7 Å². The monoisotopic (exact) mass is 605 g/mol. The second-order valence-corrected chi connectivity index (χ2v) is 12.1. The Morgan fingerprint density at radius 2 is 1.62 bits per heavy atom. The molecule has 0 radical (unpaired) electrons. The zero-order valence-corrected chi connectivity index (χ0v) is 25.1. The lowest BCUT2D eigenvalue weighted by Gasteiger charge is -2.33. The van der Waals surface area contributed by atoms with Crippen LogP contribution in [0.4, 0.5) is 5.69 Å². The van der Waals surface area contributed by atoms with Crippen LogP contribution in [0.25, 0.3) is 0 Å². The Kier molecular flexibility index (Phi) is 10.8. The summed E-state index contributed by atoms with van der Waals surface area (Å²) in [4.78, 5) is 28.6. The summed E-state index contributed by atoms with van der Waals surface area (Å²) in [5, 5.41) is 3.55. The summed E-state index contributed by atoms with van der Waals surface area (Å²) in [6.45, 7) is 4.96. The number of amides is 2. The van der Waals surface area contributed by atoms with Gasteiger partial charge in [0.25, 0.3) is 10.0 Å². The Hall–Kier alpha value is -3.27. The largest absolute Gasteiger partial charge is 0.497 e. The molecule has 2 amide bonds. The topological polar surface area (TPSA) is 96.0 Å². The predicted molar refractivity (Wildman–Crippen MR) is 158 cm³/mol. The van der Waals surface area contributed by atoms with Crippen LogP contribution in [0.3, 0.4) is 0 Å². The number of hydrogen-bond acceptors (Lipinski definition) is 5. The van der Waals surface area contributed by atoms with Crippen molar-refractivity contribution in [3.8, 4) is 5.75 Å². The van der Waals surface area contributed by atoms with Crippen LogP contribution in [0, 0.1) is 0 Å². The molecule has 0 saturated carbocycles. The minimum absolute atomic E-state index is 0.0476. The Morgan fingerprint density at radius 1 is 0.950 bits per heavy atom. The fourth-order valence-corrected chi connectivity index (χ4v) is 5.88. The van der Waals surface area contributed by atoms with Gasteiger partial charge in [0.1, 0.15) is 18.3 Å². The molecule has 8 nitrogen and oxygen atoms in total. The van der Waals surface area contributed by atoms with Gasteiger partial charge >= 0.3 is 0 Å². The van der Waals surface area contributed by atoms with Crippen molar-refractivity contribution in [2.45, 2.75) is 50.7 Å². The second-order valence-electron chi connectivity index (χ2n) is 9.41. The van der Waals surface area contributed by atoms with Gasteiger partial charge in [-0.15, -0.1) is 0 Å². The highest BCUT2D eigenvalue weighted by atomic mass is 35.5. The van der Waals surface area contributed by atoms with Crippen LogP contribution in [0.2, 0.25) is 10.0 Å². The molecule has 214 valence electrons. The maximum atomic E-state index is 14.0. The molecule has 1 atom stereocenters. The molecule has 3 aromatic carbocycles. The summed E-state index contributed by atoms with van der Waals surface area (Å²) in [5.41, 5.74) is 0.926. The molecular formula is C29H33Cl2N3O5S. The van der Waals surface area contributed by atoms with Crippen molar-refractivity contribution in [2.75, 3.05) is 18.0 Å².